The van der Waals surface area contributed by atoms with Crippen molar-refractivity contribution in [2.24, 2.45) is 0 Å². The van der Waals surface area contributed by atoms with E-state index in [0.29, 0.717) is 17.8 Å². The summed E-state index contributed by atoms with van der Waals surface area (Å²) in [5.41, 5.74) is -0.908. The normalized spacial score (nSPS) is 11.4. The van der Waals surface area contributed by atoms with Gasteiger partial charge in [-0.15, -0.1) is 11.6 Å². The third-order valence-corrected chi connectivity index (χ3v) is 2.56. The molecule has 1 aromatic heterocycles. The number of alkyl halides is 4. The molecular weight excluding hydrogens is 300 g/mol. The molecule has 0 N–H and O–H groups in total. The highest BCUT2D eigenvalue weighted by Crippen LogP contribution is 2.34. The quantitative estimate of drug-likeness (QED) is 0.631. The molecule has 106 valence electrons. The van der Waals surface area contributed by atoms with Gasteiger partial charge >= 0.3 is 6.18 Å². The van der Waals surface area contributed by atoms with E-state index in [9.17, 15) is 17.6 Å². The fraction of sp³-hybridized carbons (Fsp3) is 0.167. The average Bonchev–Trinajstić information content (AvgIpc) is 2.40. The third kappa shape index (κ3) is 3.36. The predicted octanol–water partition coefficient (Wildman–Crippen LogP) is 4.17. The zero-order chi connectivity index (χ0) is 14.8. The lowest BCUT2D eigenvalue weighted by Gasteiger charge is -2.10. The first-order valence-electron chi connectivity index (χ1n) is 5.31. The summed E-state index contributed by atoms with van der Waals surface area (Å²) in [6.07, 6.45) is -2.25. The molecule has 0 spiro atoms. The topological polar surface area (TPSA) is 35.0 Å². The van der Waals surface area contributed by atoms with E-state index in [1.54, 1.807) is 0 Å². The number of nitrogens with zero attached hydrogens (tertiary/aromatic N) is 2. The first-order valence-corrected chi connectivity index (χ1v) is 5.85. The Morgan fingerprint density at radius 2 is 1.90 bits per heavy atom. The lowest BCUT2D eigenvalue weighted by molar-refractivity contribution is -0.140. The number of aromatic nitrogens is 2. The molecule has 0 saturated heterocycles. The monoisotopic (exact) mass is 306 g/mol. The highest BCUT2D eigenvalue weighted by atomic mass is 35.5. The summed E-state index contributed by atoms with van der Waals surface area (Å²) in [5, 5.41) is 0. The second kappa shape index (κ2) is 5.62. The minimum absolute atomic E-state index is 0.0152. The molecule has 0 saturated carbocycles. The Bertz CT molecular complexity index is 601. The maximum absolute atomic E-state index is 13.1. The van der Waals surface area contributed by atoms with Gasteiger partial charge in [-0.05, 0) is 18.2 Å². The number of rotatable bonds is 3. The van der Waals surface area contributed by atoms with E-state index >= 15 is 0 Å². The standard InChI is InChI=1S/C12H7ClF4N2O/c13-4-7-5-19-11(6-18-7)20-8-1-2-10(14)9(3-8)12(15,16)17/h1-3,5-6H,4H2. The van der Waals surface area contributed by atoms with Gasteiger partial charge in [-0.1, -0.05) is 0 Å². The van der Waals surface area contributed by atoms with Gasteiger partial charge in [-0.25, -0.2) is 9.37 Å². The maximum Gasteiger partial charge on any atom is 0.419 e. The number of hydrogen-bond acceptors (Lipinski definition) is 3. The minimum atomic E-state index is -4.79. The van der Waals surface area contributed by atoms with Crippen molar-refractivity contribution in [2.45, 2.75) is 12.1 Å². The molecule has 8 heteroatoms. The van der Waals surface area contributed by atoms with Crippen molar-refractivity contribution in [3.8, 4) is 11.6 Å². The summed E-state index contributed by atoms with van der Waals surface area (Å²) in [6.45, 7) is 0. The Morgan fingerprint density at radius 3 is 2.45 bits per heavy atom. The summed E-state index contributed by atoms with van der Waals surface area (Å²) in [6, 6.07) is 2.31. The molecule has 0 aliphatic carbocycles. The molecule has 0 unspecified atom stereocenters. The molecule has 0 amide bonds. The van der Waals surface area contributed by atoms with Crippen molar-refractivity contribution in [3.05, 3.63) is 47.7 Å². The minimum Gasteiger partial charge on any atom is -0.437 e. The van der Waals surface area contributed by atoms with E-state index in [1.807, 2.05) is 0 Å². The second-order valence-corrected chi connectivity index (χ2v) is 3.99. The first kappa shape index (κ1) is 14.5. The van der Waals surface area contributed by atoms with Crippen LogP contribution >= 0.6 is 11.6 Å². The molecule has 3 nitrogen and oxygen atoms in total. The smallest absolute Gasteiger partial charge is 0.419 e. The van der Waals surface area contributed by atoms with Crippen molar-refractivity contribution < 1.29 is 22.3 Å². The van der Waals surface area contributed by atoms with Crippen molar-refractivity contribution in [3.63, 3.8) is 0 Å². The van der Waals surface area contributed by atoms with Gasteiger partial charge in [0.05, 0.1) is 29.5 Å². The van der Waals surface area contributed by atoms with Crippen LogP contribution in [0.2, 0.25) is 0 Å². The van der Waals surface area contributed by atoms with E-state index in [4.69, 9.17) is 16.3 Å². The van der Waals surface area contributed by atoms with Crippen LogP contribution in [0.4, 0.5) is 17.6 Å². The summed E-state index contributed by atoms with van der Waals surface area (Å²) >= 11 is 5.52. The Morgan fingerprint density at radius 1 is 1.15 bits per heavy atom. The lowest BCUT2D eigenvalue weighted by atomic mass is 10.2. The molecule has 0 aliphatic rings. The fourth-order valence-electron chi connectivity index (χ4n) is 1.37. The largest absolute Gasteiger partial charge is 0.437 e. The molecular formula is C12H7ClF4N2O. The van der Waals surface area contributed by atoms with Crippen LogP contribution < -0.4 is 4.74 Å². The predicted molar refractivity (Wildman–Crippen MR) is 63.1 cm³/mol. The van der Waals surface area contributed by atoms with E-state index in [-0.39, 0.29) is 17.5 Å². The molecule has 20 heavy (non-hydrogen) atoms. The van der Waals surface area contributed by atoms with Crippen molar-refractivity contribution in [1.82, 2.24) is 9.97 Å². The van der Waals surface area contributed by atoms with Crippen molar-refractivity contribution >= 4 is 11.6 Å². The summed E-state index contributed by atoms with van der Waals surface area (Å²) < 4.78 is 55.8. The zero-order valence-corrected chi connectivity index (χ0v) is 10.5. The average molecular weight is 307 g/mol. The SMILES string of the molecule is Fc1ccc(Oc2cnc(CCl)cn2)cc1C(F)(F)F. The number of ether oxygens (including phenoxy) is 1. The van der Waals surface area contributed by atoms with Gasteiger partial charge < -0.3 is 4.74 Å². The highest BCUT2D eigenvalue weighted by Gasteiger charge is 2.34. The van der Waals surface area contributed by atoms with E-state index in [2.05, 4.69) is 9.97 Å². The zero-order valence-electron chi connectivity index (χ0n) is 9.79. The lowest BCUT2D eigenvalue weighted by Crippen LogP contribution is -2.08. The Balaban J connectivity index is 2.25. The molecule has 0 atom stereocenters. The molecule has 0 bridgehead atoms. The van der Waals surface area contributed by atoms with Crippen LogP contribution in [0.15, 0.2) is 30.6 Å². The Labute approximate surface area is 116 Å². The molecule has 1 heterocycles. The summed E-state index contributed by atoms with van der Waals surface area (Å²) in [5.74, 6) is -1.42. The molecule has 1 aromatic carbocycles. The second-order valence-electron chi connectivity index (χ2n) is 3.72. The van der Waals surface area contributed by atoms with Crippen molar-refractivity contribution in [2.75, 3.05) is 0 Å². The van der Waals surface area contributed by atoms with E-state index in [0.717, 1.165) is 6.07 Å². The van der Waals surface area contributed by atoms with Crippen LogP contribution in [0.5, 0.6) is 11.6 Å². The van der Waals surface area contributed by atoms with Gasteiger partial charge in [0, 0.05) is 0 Å². The van der Waals surface area contributed by atoms with E-state index < -0.39 is 17.6 Å². The molecule has 0 fully saturated rings. The summed E-state index contributed by atoms with van der Waals surface area (Å²) in [7, 11) is 0. The van der Waals surface area contributed by atoms with Crippen LogP contribution in [0.1, 0.15) is 11.3 Å². The van der Waals surface area contributed by atoms with Crippen LogP contribution in [0, 0.1) is 5.82 Å². The molecule has 2 rings (SSSR count). The van der Waals surface area contributed by atoms with Crippen LogP contribution in [0.25, 0.3) is 0 Å². The Kier molecular flexibility index (Phi) is 4.08. The Hall–Kier alpha value is -1.89. The van der Waals surface area contributed by atoms with Gasteiger partial charge in [0.15, 0.2) is 0 Å². The first-order chi connectivity index (χ1) is 9.40. The number of hydrogen-bond donors (Lipinski definition) is 0. The van der Waals surface area contributed by atoms with Gasteiger partial charge in [0.2, 0.25) is 5.88 Å². The maximum atomic E-state index is 13.1. The van der Waals surface area contributed by atoms with Crippen LogP contribution in [-0.4, -0.2) is 9.97 Å². The van der Waals surface area contributed by atoms with Gasteiger partial charge in [-0.3, -0.25) is 4.98 Å². The van der Waals surface area contributed by atoms with Crippen LogP contribution in [-0.2, 0) is 12.1 Å². The molecule has 0 aliphatic heterocycles. The van der Waals surface area contributed by atoms with Crippen LogP contribution in [0.3, 0.4) is 0 Å². The molecule has 2 aromatic rings. The number of halogens is 5. The third-order valence-electron chi connectivity index (χ3n) is 2.28. The van der Waals surface area contributed by atoms with Gasteiger partial charge in [0.25, 0.3) is 0 Å². The highest BCUT2D eigenvalue weighted by molar-refractivity contribution is 6.16. The van der Waals surface area contributed by atoms with Gasteiger partial charge in [-0.2, -0.15) is 13.2 Å². The number of benzene rings is 1. The van der Waals surface area contributed by atoms with Gasteiger partial charge in [0.1, 0.15) is 11.6 Å². The molecule has 0 radical (unpaired) electrons. The van der Waals surface area contributed by atoms with E-state index in [1.165, 1.54) is 12.4 Å². The van der Waals surface area contributed by atoms with Crippen molar-refractivity contribution in [1.29, 1.82) is 0 Å². The fourth-order valence-corrected chi connectivity index (χ4v) is 1.51. The summed E-state index contributed by atoms with van der Waals surface area (Å²) in [4.78, 5) is 7.68.